The summed E-state index contributed by atoms with van der Waals surface area (Å²) in [5.74, 6) is 0.193. The maximum absolute atomic E-state index is 10.9. The third-order valence-electron chi connectivity index (χ3n) is 3.19. The molecule has 3 N–H and O–H groups in total. The molecule has 1 aliphatic carbocycles. The molecule has 1 aliphatic rings. The summed E-state index contributed by atoms with van der Waals surface area (Å²) in [5.41, 5.74) is 5.09. The number of nitro benzene ring substituents is 1. The summed E-state index contributed by atoms with van der Waals surface area (Å²) in [6.45, 7) is 0.289. The Balaban J connectivity index is 2.12. The van der Waals surface area contributed by atoms with Crippen LogP contribution >= 0.6 is 11.6 Å². The van der Waals surface area contributed by atoms with Gasteiger partial charge in [-0.25, -0.2) is 0 Å². The highest BCUT2D eigenvalue weighted by Crippen LogP contribution is 2.49. The molecule has 1 aromatic rings. The van der Waals surface area contributed by atoms with Gasteiger partial charge in [0.25, 0.3) is 0 Å². The molecular formula is C12H14ClN3O3. The molecule has 1 saturated carbocycles. The van der Waals surface area contributed by atoms with E-state index in [-0.39, 0.29) is 34.3 Å². The Kier molecular flexibility index (Phi) is 3.61. The monoisotopic (exact) mass is 283 g/mol. The predicted molar refractivity (Wildman–Crippen MR) is 71.8 cm³/mol. The highest BCUT2D eigenvalue weighted by molar-refractivity contribution is 6.32. The van der Waals surface area contributed by atoms with Crippen LogP contribution in [0.3, 0.4) is 0 Å². The fourth-order valence-electron chi connectivity index (χ4n) is 1.96. The lowest BCUT2D eigenvalue weighted by Crippen LogP contribution is -2.22. The van der Waals surface area contributed by atoms with Crippen LogP contribution in [0, 0.1) is 20.9 Å². The summed E-state index contributed by atoms with van der Waals surface area (Å²) in [7, 11) is 0. The molecule has 0 radical (unpaired) electrons. The first-order valence-corrected chi connectivity index (χ1v) is 6.20. The molecule has 19 heavy (non-hydrogen) atoms. The van der Waals surface area contributed by atoms with Crippen molar-refractivity contribution in [2.45, 2.75) is 19.3 Å². The van der Waals surface area contributed by atoms with E-state index in [1.54, 1.807) is 6.07 Å². The van der Waals surface area contributed by atoms with Crippen LogP contribution in [0.4, 0.5) is 5.69 Å². The van der Waals surface area contributed by atoms with Crippen molar-refractivity contribution in [2.75, 3.05) is 6.61 Å². The molecule has 0 amide bonds. The smallest absolute Gasteiger partial charge is 0.312 e. The molecule has 1 fully saturated rings. The van der Waals surface area contributed by atoms with Gasteiger partial charge in [-0.2, -0.15) is 0 Å². The first-order chi connectivity index (χ1) is 8.93. The number of nitro groups is 1. The largest absolute Gasteiger partial charge is 0.485 e. The van der Waals surface area contributed by atoms with Crippen LogP contribution in [-0.2, 0) is 0 Å². The second-order valence-electron chi connectivity index (χ2n) is 4.84. The van der Waals surface area contributed by atoms with E-state index in [0.29, 0.717) is 6.42 Å². The molecule has 0 spiro atoms. The van der Waals surface area contributed by atoms with Gasteiger partial charge >= 0.3 is 5.69 Å². The summed E-state index contributed by atoms with van der Waals surface area (Å²) >= 11 is 5.93. The third-order valence-corrected chi connectivity index (χ3v) is 3.49. The zero-order valence-corrected chi connectivity index (χ0v) is 10.9. The molecule has 0 aliphatic heterocycles. The SMILES string of the molecule is N=C(N)CC1(COc2c(Cl)cccc2[N+](=O)[O-])CC1. The molecule has 0 bridgehead atoms. The van der Waals surface area contributed by atoms with Crippen molar-refractivity contribution in [3.8, 4) is 5.75 Å². The lowest BCUT2D eigenvalue weighted by atomic mass is 10.0. The van der Waals surface area contributed by atoms with Gasteiger partial charge in [0.2, 0.25) is 5.75 Å². The van der Waals surface area contributed by atoms with Crippen molar-refractivity contribution < 1.29 is 9.66 Å². The summed E-state index contributed by atoms with van der Waals surface area (Å²) in [6.07, 6.45) is 2.26. The first-order valence-electron chi connectivity index (χ1n) is 5.82. The van der Waals surface area contributed by atoms with Gasteiger partial charge < -0.3 is 10.5 Å². The van der Waals surface area contributed by atoms with E-state index in [9.17, 15) is 10.1 Å². The molecule has 2 rings (SSSR count). The van der Waals surface area contributed by atoms with E-state index >= 15 is 0 Å². The second kappa shape index (κ2) is 5.05. The first kappa shape index (κ1) is 13.6. The summed E-state index contributed by atoms with van der Waals surface area (Å²) < 4.78 is 5.53. The minimum Gasteiger partial charge on any atom is -0.485 e. The summed E-state index contributed by atoms with van der Waals surface area (Å²) in [6, 6.07) is 4.41. The number of hydrogen-bond acceptors (Lipinski definition) is 4. The number of hydrogen-bond donors (Lipinski definition) is 2. The van der Waals surface area contributed by atoms with Gasteiger partial charge in [-0.15, -0.1) is 0 Å². The minimum absolute atomic E-state index is 0.0870. The average Bonchev–Trinajstić information content (AvgIpc) is 3.06. The Labute approximate surface area is 115 Å². The number of rotatable bonds is 6. The van der Waals surface area contributed by atoms with E-state index in [1.807, 2.05) is 0 Å². The third kappa shape index (κ3) is 3.14. The maximum Gasteiger partial charge on any atom is 0.312 e. The number of ether oxygens (including phenoxy) is 1. The fraction of sp³-hybridized carbons (Fsp3) is 0.417. The topological polar surface area (TPSA) is 102 Å². The van der Waals surface area contributed by atoms with Crippen LogP contribution in [0.1, 0.15) is 19.3 Å². The number of halogens is 1. The van der Waals surface area contributed by atoms with Crippen LogP contribution < -0.4 is 10.5 Å². The zero-order chi connectivity index (χ0) is 14.0. The van der Waals surface area contributed by atoms with E-state index in [0.717, 1.165) is 12.8 Å². The number of nitrogens with two attached hydrogens (primary N) is 1. The van der Waals surface area contributed by atoms with Gasteiger partial charge in [0.1, 0.15) is 0 Å². The van der Waals surface area contributed by atoms with Gasteiger partial charge in [0.05, 0.1) is 22.4 Å². The van der Waals surface area contributed by atoms with Gasteiger partial charge in [-0.05, 0) is 18.9 Å². The number of nitrogens with one attached hydrogen (secondary N) is 1. The molecule has 0 atom stereocenters. The van der Waals surface area contributed by atoms with Crippen molar-refractivity contribution in [3.05, 3.63) is 33.3 Å². The zero-order valence-electron chi connectivity index (χ0n) is 10.2. The Bertz CT molecular complexity index is 529. The Morgan fingerprint density at radius 2 is 2.26 bits per heavy atom. The van der Waals surface area contributed by atoms with E-state index in [4.69, 9.17) is 27.5 Å². The molecule has 7 heteroatoms. The van der Waals surface area contributed by atoms with Gasteiger partial charge in [-0.1, -0.05) is 17.7 Å². The van der Waals surface area contributed by atoms with E-state index < -0.39 is 4.92 Å². The molecule has 0 unspecified atom stereocenters. The summed E-state index contributed by atoms with van der Waals surface area (Å²) in [5, 5.41) is 18.4. The highest BCUT2D eigenvalue weighted by Gasteiger charge is 2.44. The van der Waals surface area contributed by atoms with Crippen molar-refractivity contribution in [1.29, 1.82) is 5.41 Å². The Morgan fingerprint density at radius 3 is 2.79 bits per heavy atom. The van der Waals surface area contributed by atoms with Crippen LogP contribution in [0.25, 0.3) is 0 Å². The standard InChI is InChI=1S/C12H14ClN3O3/c13-8-2-1-3-9(16(17)18)11(8)19-7-12(4-5-12)6-10(14)15/h1-3H,4-7H2,(H3,14,15). The van der Waals surface area contributed by atoms with Crippen LogP contribution in [0.5, 0.6) is 5.75 Å². The quantitative estimate of drug-likeness (QED) is 0.362. The second-order valence-corrected chi connectivity index (χ2v) is 5.24. The van der Waals surface area contributed by atoms with Crippen LogP contribution in [0.15, 0.2) is 18.2 Å². The summed E-state index contributed by atoms with van der Waals surface area (Å²) in [4.78, 5) is 10.4. The van der Waals surface area contributed by atoms with Crippen LogP contribution in [0.2, 0.25) is 5.02 Å². The average molecular weight is 284 g/mol. The van der Waals surface area contributed by atoms with Gasteiger partial charge in [0, 0.05) is 17.9 Å². The molecule has 0 heterocycles. The maximum atomic E-state index is 10.9. The van der Waals surface area contributed by atoms with Crippen molar-refractivity contribution >= 4 is 23.1 Å². The molecule has 0 saturated heterocycles. The number of benzene rings is 1. The Hall–Kier alpha value is -1.82. The van der Waals surface area contributed by atoms with Gasteiger partial charge in [-0.3, -0.25) is 15.5 Å². The highest BCUT2D eigenvalue weighted by atomic mass is 35.5. The molecular weight excluding hydrogens is 270 g/mol. The molecule has 0 aromatic heterocycles. The number of para-hydroxylation sites is 1. The van der Waals surface area contributed by atoms with Gasteiger partial charge in [0.15, 0.2) is 0 Å². The number of amidine groups is 1. The lowest BCUT2D eigenvalue weighted by molar-refractivity contribution is -0.385. The predicted octanol–water partition coefficient (Wildman–Crippen LogP) is 2.73. The van der Waals surface area contributed by atoms with E-state index in [2.05, 4.69) is 0 Å². The lowest BCUT2D eigenvalue weighted by Gasteiger charge is -2.16. The molecule has 1 aromatic carbocycles. The molecule has 6 nitrogen and oxygen atoms in total. The fourth-order valence-corrected chi connectivity index (χ4v) is 2.19. The van der Waals surface area contributed by atoms with Crippen LogP contribution in [-0.4, -0.2) is 17.4 Å². The van der Waals surface area contributed by atoms with Crippen molar-refractivity contribution in [3.63, 3.8) is 0 Å². The Morgan fingerprint density at radius 1 is 1.58 bits per heavy atom. The van der Waals surface area contributed by atoms with E-state index in [1.165, 1.54) is 12.1 Å². The number of nitrogens with zero attached hydrogens (tertiary/aromatic N) is 1. The van der Waals surface area contributed by atoms with Crippen molar-refractivity contribution in [2.24, 2.45) is 11.1 Å². The molecule has 102 valence electrons. The van der Waals surface area contributed by atoms with Crippen molar-refractivity contribution in [1.82, 2.24) is 0 Å². The normalized spacial score (nSPS) is 15.8. The minimum atomic E-state index is -0.522.